The Morgan fingerprint density at radius 3 is 2.45 bits per heavy atom. The molecule has 0 unspecified atom stereocenters. The van der Waals surface area contributed by atoms with Gasteiger partial charge in [-0.25, -0.2) is 9.59 Å². The minimum absolute atomic E-state index is 0.0205. The summed E-state index contributed by atoms with van der Waals surface area (Å²) in [7, 11) is 0. The number of urea groups is 1. The Balaban J connectivity index is 2.41. The largest absolute Gasteiger partial charge is 0.480 e. The van der Waals surface area contributed by atoms with E-state index in [0.717, 1.165) is 5.57 Å². The molecule has 6 nitrogen and oxygen atoms in total. The van der Waals surface area contributed by atoms with Gasteiger partial charge in [0, 0.05) is 26.2 Å². The Morgan fingerprint density at radius 2 is 2.00 bits per heavy atom. The quantitative estimate of drug-likeness (QED) is 0.752. The van der Waals surface area contributed by atoms with E-state index in [1.807, 2.05) is 13.8 Å². The average molecular weight is 284 g/mol. The van der Waals surface area contributed by atoms with E-state index < -0.39 is 5.97 Å². The lowest BCUT2D eigenvalue weighted by molar-refractivity contribution is -0.145. The molecule has 1 N–H and O–H groups in total. The summed E-state index contributed by atoms with van der Waals surface area (Å²) in [6.45, 7) is 9.86. The molecule has 0 aliphatic carbocycles. The standard InChI is InChI=1S/C14H24N2O4/c1-4-15(9-11(2)3)14(19)16-7-5-12(6-8-16)20-10-13(17)18/h12H,2,4-10H2,1,3H3,(H,17,18). The number of carbonyl (C=O) groups excluding carboxylic acids is 1. The molecule has 0 saturated carbocycles. The molecule has 0 bridgehead atoms. The van der Waals surface area contributed by atoms with Gasteiger partial charge >= 0.3 is 12.0 Å². The Bertz CT molecular complexity index is 362. The van der Waals surface area contributed by atoms with Crippen molar-refractivity contribution < 1.29 is 19.4 Å². The molecule has 0 aromatic carbocycles. The molecule has 1 fully saturated rings. The number of carboxylic acids is 1. The van der Waals surface area contributed by atoms with Crippen molar-refractivity contribution >= 4 is 12.0 Å². The fourth-order valence-corrected chi connectivity index (χ4v) is 2.24. The van der Waals surface area contributed by atoms with Gasteiger partial charge in [-0.2, -0.15) is 0 Å². The third-order valence-corrected chi connectivity index (χ3v) is 3.27. The number of carbonyl (C=O) groups is 2. The van der Waals surface area contributed by atoms with Gasteiger partial charge in [0.25, 0.3) is 0 Å². The van der Waals surface area contributed by atoms with E-state index in [4.69, 9.17) is 9.84 Å². The zero-order valence-electron chi connectivity index (χ0n) is 12.3. The Kier molecular flexibility index (Phi) is 6.51. The van der Waals surface area contributed by atoms with Crippen molar-refractivity contribution in [2.45, 2.75) is 32.8 Å². The van der Waals surface area contributed by atoms with Crippen LogP contribution in [-0.2, 0) is 9.53 Å². The van der Waals surface area contributed by atoms with Gasteiger partial charge < -0.3 is 19.6 Å². The molecule has 1 aliphatic rings. The highest BCUT2D eigenvalue weighted by molar-refractivity contribution is 5.74. The third-order valence-electron chi connectivity index (χ3n) is 3.27. The van der Waals surface area contributed by atoms with Crippen molar-refractivity contribution in [1.82, 2.24) is 9.80 Å². The van der Waals surface area contributed by atoms with Crippen molar-refractivity contribution in [3.8, 4) is 0 Å². The van der Waals surface area contributed by atoms with Gasteiger partial charge in [-0.15, -0.1) is 0 Å². The molecular weight excluding hydrogens is 260 g/mol. The highest BCUT2D eigenvalue weighted by atomic mass is 16.5. The number of nitrogens with zero attached hydrogens (tertiary/aromatic N) is 2. The van der Waals surface area contributed by atoms with Crippen LogP contribution in [-0.4, -0.2) is 65.8 Å². The minimum atomic E-state index is -0.956. The third kappa shape index (κ3) is 5.21. The maximum absolute atomic E-state index is 12.3. The van der Waals surface area contributed by atoms with E-state index in [0.29, 0.717) is 39.0 Å². The summed E-state index contributed by atoms with van der Waals surface area (Å²) in [6, 6.07) is 0.0205. The molecule has 0 atom stereocenters. The number of ether oxygens (including phenoxy) is 1. The molecule has 0 aromatic heterocycles. The first kappa shape index (κ1) is 16.5. The molecule has 0 radical (unpaired) electrons. The smallest absolute Gasteiger partial charge is 0.329 e. The molecule has 20 heavy (non-hydrogen) atoms. The first-order valence-corrected chi connectivity index (χ1v) is 6.95. The normalized spacial score (nSPS) is 16.0. The second-order valence-electron chi connectivity index (χ2n) is 5.15. The number of rotatable bonds is 6. The summed E-state index contributed by atoms with van der Waals surface area (Å²) >= 11 is 0. The molecule has 1 aliphatic heterocycles. The SMILES string of the molecule is C=C(C)CN(CC)C(=O)N1CCC(OCC(=O)O)CC1. The summed E-state index contributed by atoms with van der Waals surface area (Å²) < 4.78 is 5.26. The predicted octanol–water partition coefficient (Wildman–Crippen LogP) is 1.57. The van der Waals surface area contributed by atoms with E-state index in [1.165, 1.54) is 0 Å². The van der Waals surface area contributed by atoms with Crippen LogP contribution in [0.1, 0.15) is 26.7 Å². The number of amides is 2. The zero-order chi connectivity index (χ0) is 15.1. The van der Waals surface area contributed by atoms with Gasteiger partial charge in [0.2, 0.25) is 0 Å². The summed E-state index contributed by atoms with van der Waals surface area (Å²) in [5.41, 5.74) is 0.958. The van der Waals surface area contributed by atoms with Crippen LogP contribution in [0.25, 0.3) is 0 Å². The van der Waals surface area contributed by atoms with Crippen molar-refractivity contribution in [2.24, 2.45) is 0 Å². The van der Waals surface area contributed by atoms with Gasteiger partial charge in [0.15, 0.2) is 0 Å². The maximum atomic E-state index is 12.3. The van der Waals surface area contributed by atoms with Gasteiger partial charge in [0.05, 0.1) is 6.10 Å². The number of likely N-dealkylation sites (N-methyl/N-ethyl adjacent to an activating group) is 1. The lowest BCUT2D eigenvalue weighted by Gasteiger charge is -2.35. The number of hydrogen-bond acceptors (Lipinski definition) is 3. The van der Waals surface area contributed by atoms with Crippen molar-refractivity contribution in [1.29, 1.82) is 0 Å². The molecule has 2 amide bonds. The molecule has 0 spiro atoms. The Morgan fingerprint density at radius 1 is 1.40 bits per heavy atom. The van der Waals surface area contributed by atoms with Crippen LogP contribution in [0.3, 0.4) is 0 Å². The van der Waals surface area contributed by atoms with Crippen molar-refractivity contribution in [3.63, 3.8) is 0 Å². The summed E-state index contributed by atoms with van der Waals surface area (Å²) in [4.78, 5) is 26.3. The van der Waals surface area contributed by atoms with E-state index in [1.54, 1.807) is 9.80 Å². The lowest BCUT2D eigenvalue weighted by atomic mass is 10.1. The molecule has 1 saturated heterocycles. The van der Waals surface area contributed by atoms with Gasteiger partial charge in [-0.3, -0.25) is 0 Å². The van der Waals surface area contributed by atoms with Crippen LogP contribution in [0.15, 0.2) is 12.2 Å². The molecular formula is C14H24N2O4. The van der Waals surface area contributed by atoms with Crippen LogP contribution in [0.2, 0.25) is 0 Å². The monoisotopic (exact) mass is 284 g/mol. The van der Waals surface area contributed by atoms with Crippen molar-refractivity contribution in [3.05, 3.63) is 12.2 Å². The highest BCUT2D eigenvalue weighted by Crippen LogP contribution is 2.15. The molecule has 1 heterocycles. The summed E-state index contributed by atoms with van der Waals surface area (Å²) in [5.74, 6) is -0.956. The van der Waals surface area contributed by atoms with Crippen LogP contribution >= 0.6 is 0 Å². The highest BCUT2D eigenvalue weighted by Gasteiger charge is 2.26. The minimum Gasteiger partial charge on any atom is -0.480 e. The number of aliphatic carboxylic acids is 1. The van der Waals surface area contributed by atoms with Crippen LogP contribution in [0, 0.1) is 0 Å². The summed E-state index contributed by atoms with van der Waals surface area (Å²) in [5, 5.41) is 8.57. The molecule has 0 aromatic rings. The first-order chi connectivity index (χ1) is 9.43. The summed E-state index contributed by atoms with van der Waals surface area (Å²) in [6.07, 6.45) is 1.30. The Labute approximate surface area is 120 Å². The maximum Gasteiger partial charge on any atom is 0.329 e. The lowest BCUT2D eigenvalue weighted by Crippen LogP contribution is -2.48. The zero-order valence-corrected chi connectivity index (χ0v) is 12.3. The van der Waals surface area contributed by atoms with Gasteiger partial charge in [0.1, 0.15) is 6.61 Å². The fraction of sp³-hybridized carbons (Fsp3) is 0.714. The molecule has 6 heteroatoms. The number of piperidine rings is 1. The fourth-order valence-electron chi connectivity index (χ4n) is 2.24. The van der Waals surface area contributed by atoms with Crippen LogP contribution in [0.4, 0.5) is 4.79 Å². The van der Waals surface area contributed by atoms with E-state index in [2.05, 4.69) is 6.58 Å². The molecule has 114 valence electrons. The first-order valence-electron chi connectivity index (χ1n) is 6.95. The topological polar surface area (TPSA) is 70.1 Å². The Hall–Kier alpha value is -1.56. The van der Waals surface area contributed by atoms with Gasteiger partial charge in [-0.1, -0.05) is 12.2 Å². The van der Waals surface area contributed by atoms with Crippen LogP contribution < -0.4 is 0 Å². The number of hydrogen-bond donors (Lipinski definition) is 1. The van der Waals surface area contributed by atoms with E-state index >= 15 is 0 Å². The van der Waals surface area contributed by atoms with E-state index in [9.17, 15) is 9.59 Å². The predicted molar refractivity (Wildman–Crippen MR) is 75.6 cm³/mol. The second-order valence-corrected chi connectivity index (χ2v) is 5.15. The van der Waals surface area contributed by atoms with Crippen LogP contribution in [0.5, 0.6) is 0 Å². The number of likely N-dealkylation sites (tertiary alicyclic amines) is 1. The van der Waals surface area contributed by atoms with Gasteiger partial charge in [-0.05, 0) is 26.7 Å². The molecule has 1 rings (SSSR count). The van der Waals surface area contributed by atoms with E-state index in [-0.39, 0.29) is 18.7 Å². The number of carboxylic acid groups (broad SMARTS) is 1. The average Bonchev–Trinajstić information content (AvgIpc) is 2.42. The van der Waals surface area contributed by atoms with Crippen molar-refractivity contribution in [2.75, 3.05) is 32.8 Å². The second kappa shape index (κ2) is 7.89.